The highest BCUT2D eigenvalue weighted by molar-refractivity contribution is 9.10. The van der Waals surface area contributed by atoms with Crippen molar-refractivity contribution in [2.75, 3.05) is 5.32 Å². The number of carboxylic acids is 1. The number of aryl methyl sites for hydroxylation is 2. The molecule has 104 valence electrons. The monoisotopic (exact) mass is 335 g/mol. The van der Waals surface area contributed by atoms with Crippen molar-refractivity contribution >= 4 is 27.7 Å². The largest absolute Gasteiger partial charge is 0.477 e. The number of carboxylic acid groups (broad SMARTS) is 1. The van der Waals surface area contributed by atoms with Gasteiger partial charge in [-0.2, -0.15) is 0 Å². The summed E-state index contributed by atoms with van der Waals surface area (Å²) in [6, 6.07) is 5.97. The molecule has 0 amide bonds. The van der Waals surface area contributed by atoms with E-state index >= 15 is 0 Å². The average Bonchev–Trinajstić information content (AvgIpc) is 2.39. The van der Waals surface area contributed by atoms with E-state index in [1.54, 1.807) is 6.92 Å². The second-order valence-corrected chi connectivity index (χ2v) is 5.32. The number of carbonyl (C=O) groups is 1. The van der Waals surface area contributed by atoms with Crippen LogP contribution in [0.3, 0.4) is 0 Å². The molecule has 2 N–H and O–H groups in total. The van der Waals surface area contributed by atoms with Gasteiger partial charge in [-0.05, 0) is 37.1 Å². The van der Waals surface area contributed by atoms with Crippen LogP contribution in [0.2, 0.25) is 0 Å². The lowest BCUT2D eigenvalue weighted by atomic mass is 10.1. The van der Waals surface area contributed by atoms with Gasteiger partial charge < -0.3 is 10.4 Å². The Balaban J connectivity index is 2.24. The van der Waals surface area contributed by atoms with Crippen LogP contribution < -0.4 is 5.32 Å². The molecule has 0 saturated heterocycles. The number of halogens is 1. The molecule has 0 fully saturated rings. The summed E-state index contributed by atoms with van der Waals surface area (Å²) < 4.78 is 0.984. The van der Waals surface area contributed by atoms with Crippen molar-refractivity contribution in [3.8, 4) is 0 Å². The van der Waals surface area contributed by atoms with Gasteiger partial charge >= 0.3 is 5.97 Å². The van der Waals surface area contributed by atoms with Crippen molar-refractivity contribution in [3.63, 3.8) is 0 Å². The van der Waals surface area contributed by atoms with E-state index in [0.717, 1.165) is 15.6 Å². The smallest absolute Gasteiger partial charge is 0.341 e. The summed E-state index contributed by atoms with van der Waals surface area (Å²) in [6.07, 6.45) is 1.32. The van der Waals surface area contributed by atoms with E-state index in [1.165, 1.54) is 6.20 Å². The van der Waals surface area contributed by atoms with Crippen molar-refractivity contribution < 1.29 is 9.90 Å². The molecule has 5 nitrogen and oxygen atoms in total. The molecule has 0 radical (unpaired) electrons. The number of anilines is 1. The van der Waals surface area contributed by atoms with Gasteiger partial charge in [0.15, 0.2) is 0 Å². The molecule has 0 aliphatic rings. The minimum Gasteiger partial charge on any atom is -0.477 e. The molecular formula is C14H14BrN3O2. The van der Waals surface area contributed by atoms with Crippen LogP contribution in [0.1, 0.15) is 27.3 Å². The summed E-state index contributed by atoms with van der Waals surface area (Å²) >= 11 is 3.42. The Hall–Kier alpha value is -1.95. The van der Waals surface area contributed by atoms with Crippen LogP contribution in [-0.4, -0.2) is 21.0 Å². The molecule has 1 aromatic heterocycles. The highest BCUT2D eigenvalue weighted by Crippen LogP contribution is 2.18. The summed E-state index contributed by atoms with van der Waals surface area (Å²) in [5, 5.41) is 12.2. The Morgan fingerprint density at radius 1 is 1.40 bits per heavy atom. The number of nitrogens with one attached hydrogen (secondary N) is 1. The first-order valence-electron chi connectivity index (χ1n) is 6.03. The molecule has 0 spiro atoms. The lowest BCUT2D eigenvalue weighted by Crippen LogP contribution is -2.10. The molecule has 1 aromatic carbocycles. The number of hydrogen-bond acceptors (Lipinski definition) is 4. The summed E-state index contributed by atoms with van der Waals surface area (Å²) in [4.78, 5) is 19.2. The normalized spacial score (nSPS) is 10.3. The highest BCUT2D eigenvalue weighted by atomic mass is 79.9. The van der Waals surface area contributed by atoms with Crippen LogP contribution in [0.15, 0.2) is 28.9 Å². The molecule has 0 bridgehead atoms. The second-order valence-electron chi connectivity index (χ2n) is 4.41. The number of hydrogen-bond donors (Lipinski definition) is 2. The molecule has 20 heavy (non-hydrogen) atoms. The molecule has 2 aromatic rings. The van der Waals surface area contributed by atoms with Crippen LogP contribution in [-0.2, 0) is 6.54 Å². The lowest BCUT2D eigenvalue weighted by Gasteiger charge is -2.11. The fraction of sp³-hybridized carbons (Fsp3) is 0.214. The lowest BCUT2D eigenvalue weighted by molar-refractivity contribution is 0.0697. The van der Waals surface area contributed by atoms with Crippen LogP contribution in [0, 0.1) is 13.8 Å². The minimum absolute atomic E-state index is 0.0725. The van der Waals surface area contributed by atoms with Crippen LogP contribution in [0.5, 0.6) is 0 Å². The van der Waals surface area contributed by atoms with Gasteiger partial charge in [0, 0.05) is 17.2 Å². The van der Waals surface area contributed by atoms with Crippen molar-refractivity contribution in [2.45, 2.75) is 20.4 Å². The maximum atomic E-state index is 11.1. The standard InChI is InChI=1S/C14H14BrN3O2/c1-8-3-4-11(15)5-10(8)6-17-13-12(14(19)20)7-16-9(2)18-13/h3-5,7H,6H2,1-2H3,(H,19,20)(H,16,17,18). The molecule has 0 saturated carbocycles. The number of nitrogens with zero attached hydrogens (tertiary/aromatic N) is 2. The van der Waals surface area contributed by atoms with E-state index in [1.807, 2.05) is 25.1 Å². The number of aromatic carboxylic acids is 1. The fourth-order valence-corrected chi connectivity index (χ4v) is 2.18. The van der Waals surface area contributed by atoms with Gasteiger partial charge in [-0.1, -0.05) is 22.0 Å². The number of benzene rings is 1. The quantitative estimate of drug-likeness (QED) is 0.897. The predicted octanol–water partition coefficient (Wildman–Crippen LogP) is 3.17. The highest BCUT2D eigenvalue weighted by Gasteiger charge is 2.12. The molecule has 6 heteroatoms. The van der Waals surface area contributed by atoms with Crippen molar-refractivity contribution in [3.05, 3.63) is 51.4 Å². The molecule has 0 unspecified atom stereocenters. The van der Waals surface area contributed by atoms with E-state index in [9.17, 15) is 4.79 Å². The average molecular weight is 336 g/mol. The van der Waals surface area contributed by atoms with Gasteiger partial charge in [-0.15, -0.1) is 0 Å². The van der Waals surface area contributed by atoms with Gasteiger partial charge in [-0.25, -0.2) is 14.8 Å². The maximum absolute atomic E-state index is 11.1. The summed E-state index contributed by atoms with van der Waals surface area (Å²) in [6.45, 7) is 4.23. The molecule has 0 aliphatic heterocycles. The Kier molecular flexibility index (Phi) is 4.34. The van der Waals surface area contributed by atoms with E-state index in [4.69, 9.17) is 5.11 Å². The number of rotatable bonds is 4. The van der Waals surface area contributed by atoms with E-state index < -0.39 is 5.97 Å². The maximum Gasteiger partial charge on any atom is 0.341 e. The summed E-state index contributed by atoms with van der Waals surface area (Å²) in [7, 11) is 0. The third-order valence-electron chi connectivity index (χ3n) is 2.90. The first-order valence-corrected chi connectivity index (χ1v) is 6.82. The SMILES string of the molecule is Cc1ncc(C(=O)O)c(NCc2cc(Br)ccc2C)n1. The third kappa shape index (κ3) is 3.33. The Morgan fingerprint density at radius 2 is 2.15 bits per heavy atom. The van der Waals surface area contributed by atoms with Crippen LogP contribution in [0.25, 0.3) is 0 Å². The van der Waals surface area contributed by atoms with E-state index in [-0.39, 0.29) is 5.56 Å². The third-order valence-corrected chi connectivity index (χ3v) is 3.39. The first kappa shape index (κ1) is 14.5. The van der Waals surface area contributed by atoms with Crippen molar-refractivity contribution in [1.29, 1.82) is 0 Å². The Bertz CT molecular complexity index is 659. The summed E-state index contributed by atoms with van der Waals surface area (Å²) in [5.74, 6) is -0.175. The summed E-state index contributed by atoms with van der Waals surface area (Å²) in [5.41, 5.74) is 2.28. The van der Waals surface area contributed by atoms with Gasteiger partial charge in [-0.3, -0.25) is 0 Å². The molecular weight excluding hydrogens is 322 g/mol. The van der Waals surface area contributed by atoms with Crippen LogP contribution in [0.4, 0.5) is 5.82 Å². The van der Waals surface area contributed by atoms with E-state index in [0.29, 0.717) is 18.2 Å². The second kappa shape index (κ2) is 6.00. The van der Waals surface area contributed by atoms with Crippen molar-refractivity contribution in [2.24, 2.45) is 0 Å². The minimum atomic E-state index is -1.04. The Morgan fingerprint density at radius 3 is 2.85 bits per heavy atom. The molecule has 0 atom stereocenters. The van der Waals surface area contributed by atoms with Crippen molar-refractivity contribution in [1.82, 2.24) is 9.97 Å². The zero-order valence-electron chi connectivity index (χ0n) is 11.1. The first-order chi connectivity index (χ1) is 9.47. The topological polar surface area (TPSA) is 75.1 Å². The molecule has 2 rings (SSSR count). The van der Waals surface area contributed by atoms with Gasteiger partial charge in [0.2, 0.25) is 0 Å². The van der Waals surface area contributed by atoms with Gasteiger partial charge in [0.25, 0.3) is 0 Å². The zero-order valence-corrected chi connectivity index (χ0v) is 12.7. The van der Waals surface area contributed by atoms with Gasteiger partial charge in [0.05, 0.1) is 0 Å². The predicted molar refractivity (Wildman–Crippen MR) is 79.9 cm³/mol. The van der Waals surface area contributed by atoms with E-state index in [2.05, 4.69) is 31.2 Å². The fourth-order valence-electron chi connectivity index (χ4n) is 1.77. The molecule has 1 heterocycles. The van der Waals surface area contributed by atoms with Crippen LogP contribution >= 0.6 is 15.9 Å². The van der Waals surface area contributed by atoms with Gasteiger partial charge in [0.1, 0.15) is 17.2 Å². The Labute approximate surface area is 125 Å². The molecule has 0 aliphatic carbocycles. The zero-order chi connectivity index (χ0) is 14.7. The number of aromatic nitrogens is 2.